The number of hydrogen-bond acceptors (Lipinski definition) is 6. The minimum absolute atomic E-state index is 0.0930. The van der Waals surface area contributed by atoms with E-state index in [0.29, 0.717) is 0 Å². The van der Waals surface area contributed by atoms with Crippen molar-refractivity contribution in [3.63, 3.8) is 0 Å². The molecule has 0 saturated carbocycles. The van der Waals surface area contributed by atoms with Crippen molar-refractivity contribution in [1.82, 2.24) is 0 Å². The van der Waals surface area contributed by atoms with Crippen LogP contribution >= 0.6 is 0 Å². The molecule has 30 heavy (non-hydrogen) atoms. The van der Waals surface area contributed by atoms with Crippen molar-refractivity contribution in [1.29, 1.82) is 0 Å². The zero-order valence-electron chi connectivity index (χ0n) is 15.7. The van der Waals surface area contributed by atoms with Crippen LogP contribution in [0, 0.1) is 10.1 Å². The van der Waals surface area contributed by atoms with E-state index in [2.05, 4.69) is 10.0 Å². The van der Waals surface area contributed by atoms with Gasteiger partial charge in [0.15, 0.2) is 0 Å². The Hall–Kier alpha value is -3.92. The summed E-state index contributed by atoms with van der Waals surface area (Å²) in [5.74, 6) is -0.415. The summed E-state index contributed by atoms with van der Waals surface area (Å²) in [6.45, 7) is 0. The van der Waals surface area contributed by atoms with Crippen molar-refractivity contribution in [3.8, 4) is 5.75 Å². The van der Waals surface area contributed by atoms with Crippen molar-refractivity contribution in [3.05, 3.63) is 88.5 Å². The predicted octanol–water partition coefficient (Wildman–Crippen LogP) is 3.66. The molecule has 0 atom stereocenters. The zero-order valence-corrected chi connectivity index (χ0v) is 16.5. The van der Waals surface area contributed by atoms with Crippen molar-refractivity contribution in [2.45, 2.75) is 4.90 Å². The van der Waals surface area contributed by atoms with E-state index < -0.39 is 20.9 Å². The molecule has 3 rings (SSSR count). The predicted molar refractivity (Wildman–Crippen MR) is 111 cm³/mol. The number of carbonyl (C=O) groups excluding carboxylic acids is 1. The van der Waals surface area contributed by atoms with Gasteiger partial charge in [0.25, 0.3) is 21.6 Å². The van der Waals surface area contributed by atoms with Crippen molar-refractivity contribution in [2.24, 2.45) is 0 Å². The summed E-state index contributed by atoms with van der Waals surface area (Å²) in [4.78, 5) is 23.0. The van der Waals surface area contributed by atoms with Crippen molar-refractivity contribution < 1.29 is 22.9 Å². The molecule has 0 aliphatic carbocycles. The number of ether oxygens (including phenoxy) is 1. The van der Waals surface area contributed by atoms with Crippen LogP contribution in [0.5, 0.6) is 5.75 Å². The molecular weight excluding hydrogens is 410 g/mol. The first-order valence-corrected chi connectivity index (χ1v) is 10.1. The van der Waals surface area contributed by atoms with Crippen molar-refractivity contribution in [2.75, 3.05) is 17.1 Å². The molecule has 154 valence electrons. The fourth-order valence-electron chi connectivity index (χ4n) is 2.63. The molecule has 0 bridgehead atoms. The highest BCUT2D eigenvalue weighted by Gasteiger charge is 2.17. The molecule has 2 N–H and O–H groups in total. The van der Waals surface area contributed by atoms with E-state index in [0.717, 1.165) is 0 Å². The Morgan fingerprint density at radius 3 is 2.40 bits per heavy atom. The molecule has 1 amide bonds. The number of amides is 1. The van der Waals surface area contributed by atoms with Gasteiger partial charge in [0, 0.05) is 17.3 Å². The van der Waals surface area contributed by atoms with Crippen LogP contribution in [-0.2, 0) is 10.0 Å². The second kappa shape index (κ2) is 8.62. The van der Waals surface area contributed by atoms with Gasteiger partial charge in [-0.1, -0.05) is 24.3 Å². The lowest BCUT2D eigenvalue weighted by molar-refractivity contribution is -0.384. The monoisotopic (exact) mass is 427 g/mol. The number of carbonyl (C=O) groups is 1. The lowest BCUT2D eigenvalue weighted by Gasteiger charge is -2.12. The third-order valence-corrected chi connectivity index (χ3v) is 5.47. The second-order valence-electron chi connectivity index (χ2n) is 6.10. The number of hydrogen-bond donors (Lipinski definition) is 2. The normalized spacial score (nSPS) is 10.8. The Morgan fingerprint density at radius 2 is 1.73 bits per heavy atom. The van der Waals surface area contributed by atoms with Crippen LogP contribution in [0.3, 0.4) is 0 Å². The number of nitrogens with zero attached hydrogens (tertiary/aromatic N) is 1. The highest BCUT2D eigenvalue weighted by atomic mass is 32.2. The van der Waals surface area contributed by atoms with Gasteiger partial charge in [0.05, 0.1) is 28.7 Å². The maximum Gasteiger partial charge on any atom is 0.273 e. The highest BCUT2D eigenvalue weighted by molar-refractivity contribution is 7.92. The number of nitrogens with one attached hydrogen (secondary N) is 2. The maximum atomic E-state index is 12.6. The second-order valence-corrected chi connectivity index (χ2v) is 7.78. The quantitative estimate of drug-likeness (QED) is 0.437. The summed E-state index contributed by atoms with van der Waals surface area (Å²) in [6, 6.07) is 17.6. The van der Waals surface area contributed by atoms with E-state index in [9.17, 15) is 23.3 Å². The average Bonchev–Trinajstić information content (AvgIpc) is 2.74. The fourth-order valence-corrected chi connectivity index (χ4v) is 3.70. The lowest BCUT2D eigenvalue weighted by Crippen LogP contribution is -2.15. The van der Waals surface area contributed by atoms with Crippen LogP contribution in [0.4, 0.5) is 17.1 Å². The number of benzene rings is 3. The highest BCUT2D eigenvalue weighted by Crippen LogP contribution is 2.29. The van der Waals surface area contributed by atoms with Gasteiger partial charge in [-0.15, -0.1) is 0 Å². The van der Waals surface area contributed by atoms with Gasteiger partial charge in [-0.05, 0) is 36.4 Å². The first-order chi connectivity index (χ1) is 14.3. The number of methoxy groups -OCH3 is 1. The average molecular weight is 427 g/mol. The van der Waals surface area contributed by atoms with Gasteiger partial charge in [-0.2, -0.15) is 0 Å². The molecule has 0 fully saturated rings. The molecule has 0 aromatic heterocycles. The number of anilines is 2. The molecule has 10 heteroatoms. The number of nitro groups is 1. The van der Waals surface area contributed by atoms with Gasteiger partial charge in [0.1, 0.15) is 5.75 Å². The van der Waals surface area contributed by atoms with Gasteiger partial charge in [0.2, 0.25) is 0 Å². The zero-order chi connectivity index (χ0) is 21.7. The Bertz CT molecular complexity index is 1200. The maximum absolute atomic E-state index is 12.6. The Morgan fingerprint density at radius 1 is 1.00 bits per heavy atom. The standard InChI is InChI=1S/C20H17N3O6S/c1-29-19-13-16(23(25)26)10-11-18(19)21-20(24)14-6-5-7-15(12-14)22-30(27,28)17-8-3-2-4-9-17/h2-13,22H,1H3,(H,21,24). The number of nitro benzene ring substituents is 1. The summed E-state index contributed by atoms with van der Waals surface area (Å²) < 4.78 is 32.5. The van der Waals surface area contributed by atoms with E-state index in [1.54, 1.807) is 18.2 Å². The summed E-state index contributed by atoms with van der Waals surface area (Å²) in [5.41, 5.74) is 0.455. The van der Waals surface area contributed by atoms with Crippen molar-refractivity contribution >= 4 is 33.0 Å². The molecule has 3 aromatic carbocycles. The SMILES string of the molecule is COc1cc([N+](=O)[O-])ccc1NC(=O)c1cccc(NS(=O)(=O)c2ccccc2)c1. The van der Waals surface area contributed by atoms with Gasteiger partial charge in [-0.3, -0.25) is 19.6 Å². The number of non-ortho nitro benzene ring substituents is 1. The van der Waals surface area contributed by atoms with Crippen LogP contribution < -0.4 is 14.8 Å². The molecule has 0 heterocycles. The molecule has 3 aromatic rings. The van der Waals surface area contributed by atoms with Gasteiger partial charge in [-0.25, -0.2) is 8.42 Å². The molecular formula is C20H17N3O6S. The molecule has 0 aliphatic rings. The van der Waals surface area contributed by atoms with Crippen LogP contribution in [0.25, 0.3) is 0 Å². The summed E-state index contributed by atoms with van der Waals surface area (Å²) in [6.07, 6.45) is 0. The third-order valence-electron chi connectivity index (χ3n) is 4.07. The van der Waals surface area contributed by atoms with Crippen LogP contribution in [0.2, 0.25) is 0 Å². The Balaban J connectivity index is 1.81. The summed E-state index contributed by atoms with van der Waals surface area (Å²) in [7, 11) is -2.48. The number of sulfonamides is 1. The third kappa shape index (κ3) is 4.73. The molecule has 9 nitrogen and oxygen atoms in total. The Kier molecular flexibility index (Phi) is 5.98. The van der Waals surface area contributed by atoms with Gasteiger partial charge < -0.3 is 10.1 Å². The minimum Gasteiger partial charge on any atom is -0.494 e. The van der Waals surface area contributed by atoms with Crippen LogP contribution in [0.1, 0.15) is 10.4 Å². The topological polar surface area (TPSA) is 128 Å². The molecule has 0 spiro atoms. The van der Waals surface area contributed by atoms with E-state index in [1.807, 2.05) is 0 Å². The smallest absolute Gasteiger partial charge is 0.273 e. The molecule has 0 radical (unpaired) electrons. The largest absolute Gasteiger partial charge is 0.494 e. The Labute approximate surface area is 172 Å². The molecule has 0 saturated heterocycles. The van der Waals surface area contributed by atoms with E-state index in [-0.39, 0.29) is 33.3 Å². The van der Waals surface area contributed by atoms with Crippen LogP contribution in [-0.4, -0.2) is 26.4 Å². The summed E-state index contributed by atoms with van der Waals surface area (Å²) >= 11 is 0. The lowest BCUT2D eigenvalue weighted by atomic mass is 10.2. The van der Waals surface area contributed by atoms with Crippen LogP contribution in [0.15, 0.2) is 77.7 Å². The summed E-state index contributed by atoms with van der Waals surface area (Å²) in [5, 5.41) is 13.5. The fraction of sp³-hybridized carbons (Fsp3) is 0.0500. The minimum atomic E-state index is -3.80. The molecule has 0 unspecified atom stereocenters. The van der Waals surface area contributed by atoms with Gasteiger partial charge >= 0.3 is 0 Å². The van der Waals surface area contributed by atoms with E-state index in [1.165, 1.54) is 61.7 Å². The number of rotatable bonds is 7. The van der Waals surface area contributed by atoms with E-state index >= 15 is 0 Å². The molecule has 0 aliphatic heterocycles. The first-order valence-electron chi connectivity index (χ1n) is 8.62. The van der Waals surface area contributed by atoms with E-state index in [4.69, 9.17) is 4.74 Å². The first kappa shape index (κ1) is 20.8.